The van der Waals surface area contributed by atoms with Gasteiger partial charge in [0.15, 0.2) is 16.7 Å². The smallest absolute Gasteiger partial charge is 0.337 e. The van der Waals surface area contributed by atoms with Gasteiger partial charge < -0.3 is 14.2 Å². The van der Waals surface area contributed by atoms with Gasteiger partial charge in [-0.15, -0.1) is 0 Å². The first-order chi connectivity index (χ1) is 21.1. The zero-order chi connectivity index (χ0) is 31.3. The van der Waals surface area contributed by atoms with Crippen molar-refractivity contribution in [3.63, 3.8) is 0 Å². The van der Waals surface area contributed by atoms with Gasteiger partial charge in [-0.2, -0.15) is 4.31 Å². The van der Waals surface area contributed by atoms with Gasteiger partial charge in [0.05, 0.1) is 23.8 Å². The second-order valence-corrected chi connectivity index (χ2v) is 12.6. The Morgan fingerprint density at radius 3 is 2.45 bits per heavy atom. The number of nitrogens with zero attached hydrogens (tertiary/aromatic N) is 2. The van der Waals surface area contributed by atoms with Crippen LogP contribution in [0.4, 0.5) is 13.9 Å². The van der Waals surface area contributed by atoms with Crippen LogP contribution in [0.5, 0.6) is 16.6 Å². The number of benzene rings is 3. The molecular weight excluding hydrogens is 616 g/mol. The molecule has 0 radical (unpaired) electrons. The Morgan fingerprint density at radius 1 is 1.00 bits per heavy atom. The summed E-state index contributed by atoms with van der Waals surface area (Å²) in [6.45, 7) is 0.858. The molecule has 0 saturated carbocycles. The minimum Gasteiger partial charge on any atom is -0.473 e. The van der Waals surface area contributed by atoms with E-state index in [4.69, 9.17) is 14.2 Å². The highest BCUT2D eigenvalue weighted by Gasteiger charge is 2.29. The third-order valence-corrected chi connectivity index (χ3v) is 9.40. The van der Waals surface area contributed by atoms with Crippen LogP contribution < -0.4 is 14.8 Å². The minimum atomic E-state index is -3.73. The summed E-state index contributed by atoms with van der Waals surface area (Å²) in [6, 6.07) is 14.5. The van der Waals surface area contributed by atoms with E-state index in [0.29, 0.717) is 24.9 Å². The number of nitrogens with one attached hydrogen (secondary N) is 1. The average molecular weight is 644 g/mol. The molecule has 1 aromatic heterocycles. The van der Waals surface area contributed by atoms with Gasteiger partial charge in [0.1, 0.15) is 11.6 Å². The summed E-state index contributed by atoms with van der Waals surface area (Å²) in [6.07, 6.45) is 2.42. The van der Waals surface area contributed by atoms with Crippen molar-refractivity contribution in [1.82, 2.24) is 9.29 Å². The Balaban J connectivity index is 1.36. The number of esters is 1. The zero-order valence-electron chi connectivity index (χ0n) is 23.4. The predicted octanol–water partition coefficient (Wildman–Crippen LogP) is 5.93. The molecule has 10 nitrogen and oxygen atoms in total. The third-order valence-electron chi connectivity index (χ3n) is 6.70. The van der Waals surface area contributed by atoms with Crippen molar-refractivity contribution in [3.05, 3.63) is 95.7 Å². The van der Waals surface area contributed by atoms with Crippen LogP contribution in [0.3, 0.4) is 0 Å². The number of amides is 1. The van der Waals surface area contributed by atoms with E-state index in [9.17, 15) is 26.8 Å². The molecule has 4 aromatic rings. The first-order valence-corrected chi connectivity index (χ1v) is 15.7. The van der Waals surface area contributed by atoms with Gasteiger partial charge in [-0.1, -0.05) is 36.0 Å². The van der Waals surface area contributed by atoms with Crippen molar-refractivity contribution in [3.8, 4) is 16.6 Å². The zero-order valence-corrected chi connectivity index (χ0v) is 25.0. The summed E-state index contributed by atoms with van der Waals surface area (Å²) >= 11 is 0.976. The Morgan fingerprint density at radius 2 is 1.75 bits per heavy atom. The van der Waals surface area contributed by atoms with Crippen molar-refractivity contribution >= 4 is 38.4 Å². The van der Waals surface area contributed by atoms with Gasteiger partial charge in [0.2, 0.25) is 21.2 Å². The number of carbonyl (C=O) groups excluding carboxylic acids is 2. The van der Waals surface area contributed by atoms with E-state index in [-0.39, 0.29) is 32.0 Å². The molecule has 2 heterocycles. The molecule has 1 saturated heterocycles. The van der Waals surface area contributed by atoms with Crippen LogP contribution in [0.2, 0.25) is 0 Å². The highest BCUT2D eigenvalue weighted by atomic mass is 32.2. The number of piperidine rings is 1. The summed E-state index contributed by atoms with van der Waals surface area (Å²) in [5.74, 6) is -3.18. The van der Waals surface area contributed by atoms with Gasteiger partial charge >= 0.3 is 5.97 Å². The lowest BCUT2D eigenvalue weighted by atomic mass is 10.1. The molecule has 5 rings (SSSR count). The van der Waals surface area contributed by atoms with Crippen LogP contribution in [-0.2, 0) is 19.6 Å². The largest absolute Gasteiger partial charge is 0.473 e. The van der Waals surface area contributed by atoms with Crippen molar-refractivity contribution < 1.29 is 41.0 Å². The standard InChI is InChI=1S/C30H27F2N3O7S2/c1-40-29(37)20-6-5-7-22(16-20)41-26-18-33-30(43-26)34-28(36)27(42-25-13-10-21(31)17-24(25)32)19-8-11-23(12-9-19)44(38,39)35-14-3-2-4-15-35/h5-13,16-18,27H,2-4,14-15H2,1H3,(H,33,34,36). The maximum absolute atomic E-state index is 14.5. The van der Waals surface area contributed by atoms with Crippen LogP contribution in [-0.4, -0.2) is 49.8 Å². The molecule has 1 fully saturated rings. The van der Waals surface area contributed by atoms with Gasteiger partial charge in [0, 0.05) is 24.7 Å². The Kier molecular flexibility index (Phi) is 9.52. The molecule has 44 heavy (non-hydrogen) atoms. The van der Waals surface area contributed by atoms with Crippen LogP contribution in [0.25, 0.3) is 0 Å². The van der Waals surface area contributed by atoms with Gasteiger partial charge in [-0.25, -0.2) is 27.0 Å². The van der Waals surface area contributed by atoms with Crippen molar-refractivity contribution in [1.29, 1.82) is 0 Å². The predicted molar refractivity (Wildman–Crippen MR) is 157 cm³/mol. The Bertz CT molecular complexity index is 1760. The molecular formula is C30H27F2N3O7S2. The maximum atomic E-state index is 14.5. The normalized spacial score (nSPS) is 14.4. The average Bonchev–Trinajstić information content (AvgIpc) is 3.47. The van der Waals surface area contributed by atoms with E-state index < -0.39 is 39.6 Å². The molecule has 1 aliphatic rings. The molecule has 1 aliphatic heterocycles. The van der Waals surface area contributed by atoms with Crippen LogP contribution in [0, 0.1) is 11.6 Å². The summed E-state index contributed by atoms with van der Waals surface area (Å²) in [5.41, 5.74) is 0.502. The lowest BCUT2D eigenvalue weighted by Crippen LogP contribution is -2.35. The van der Waals surface area contributed by atoms with Crippen molar-refractivity contribution in [2.24, 2.45) is 0 Å². The molecule has 0 bridgehead atoms. The molecule has 230 valence electrons. The van der Waals surface area contributed by atoms with Crippen LogP contribution in [0.15, 0.2) is 77.8 Å². The summed E-state index contributed by atoms with van der Waals surface area (Å²) < 4.78 is 71.8. The van der Waals surface area contributed by atoms with Crippen molar-refractivity contribution in [2.75, 3.05) is 25.5 Å². The topological polar surface area (TPSA) is 124 Å². The van der Waals surface area contributed by atoms with Gasteiger partial charge in [-0.05, 0) is 55.3 Å². The number of thiazole rings is 1. The number of ether oxygens (including phenoxy) is 3. The fourth-order valence-corrected chi connectivity index (χ4v) is 6.70. The molecule has 1 unspecified atom stereocenters. The number of rotatable bonds is 10. The molecule has 3 aromatic carbocycles. The number of carbonyl (C=O) groups is 2. The molecule has 0 spiro atoms. The quantitative estimate of drug-likeness (QED) is 0.211. The van der Waals surface area contributed by atoms with Crippen LogP contribution >= 0.6 is 11.3 Å². The number of halogens is 2. The second-order valence-electron chi connectivity index (χ2n) is 9.70. The fraction of sp³-hybridized carbons (Fsp3) is 0.233. The fourth-order valence-electron chi connectivity index (χ4n) is 4.50. The third kappa shape index (κ3) is 7.21. The van der Waals surface area contributed by atoms with Gasteiger partial charge in [-0.3, -0.25) is 10.1 Å². The maximum Gasteiger partial charge on any atom is 0.337 e. The van der Waals surface area contributed by atoms with Crippen LogP contribution in [0.1, 0.15) is 41.3 Å². The number of sulfonamides is 1. The van der Waals surface area contributed by atoms with Crippen molar-refractivity contribution in [2.45, 2.75) is 30.3 Å². The highest BCUT2D eigenvalue weighted by Crippen LogP contribution is 2.33. The number of hydrogen-bond donors (Lipinski definition) is 1. The molecule has 1 amide bonds. The lowest BCUT2D eigenvalue weighted by Gasteiger charge is -2.26. The SMILES string of the molecule is COC(=O)c1cccc(Oc2cnc(NC(=O)C(Oc3ccc(F)cc3F)c3ccc(S(=O)(=O)N4CCCCC4)cc3)s2)c1. The Labute approximate surface area is 256 Å². The van der Waals surface area contributed by atoms with E-state index in [1.54, 1.807) is 18.2 Å². The summed E-state index contributed by atoms with van der Waals surface area (Å²) in [4.78, 5) is 29.5. The van der Waals surface area contributed by atoms with E-state index >= 15 is 0 Å². The van der Waals surface area contributed by atoms with E-state index in [2.05, 4.69) is 10.3 Å². The number of hydrogen-bond acceptors (Lipinski definition) is 9. The number of methoxy groups -OCH3 is 1. The monoisotopic (exact) mass is 643 g/mol. The second kappa shape index (κ2) is 13.5. The van der Waals surface area contributed by atoms with E-state index in [1.165, 1.54) is 47.9 Å². The van der Waals surface area contributed by atoms with E-state index in [1.807, 2.05) is 0 Å². The first-order valence-electron chi connectivity index (χ1n) is 13.5. The molecule has 1 atom stereocenters. The summed E-state index contributed by atoms with van der Waals surface area (Å²) in [7, 11) is -2.47. The Hall–Kier alpha value is -4.40. The number of anilines is 1. The molecule has 14 heteroatoms. The number of aromatic nitrogens is 1. The van der Waals surface area contributed by atoms with E-state index in [0.717, 1.165) is 42.7 Å². The lowest BCUT2D eigenvalue weighted by molar-refractivity contribution is -0.123. The molecule has 0 aliphatic carbocycles. The molecule has 1 N–H and O–H groups in total. The van der Waals surface area contributed by atoms with Gasteiger partial charge in [0.25, 0.3) is 5.91 Å². The summed E-state index contributed by atoms with van der Waals surface area (Å²) in [5, 5.41) is 3.01. The highest BCUT2D eigenvalue weighted by molar-refractivity contribution is 7.89. The first kappa shape index (κ1) is 31.0. The minimum absolute atomic E-state index is 0.0493.